The molecule has 0 spiro atoms. The van der Waals surface area contributed by atoms with Crippen LogP contribution in [0.15, 0.2) is 231 Å². The summed E-state index contributed by atoms with van der Waals surface area (Å²) in [5.41, 5.74) is 16.2. The van der Waals surface area contributed by atoms with Gasteiger partial charge in [-0.3, -0.25) is 0 Å². The predicted octanol–water partition coefficient (Wildman–Crippen LogP) is 15.7. The molecule has 0 atom stereocenters. The van der Waals surface area contributed by atoms with Crippen LogP contribution in [0.2, 0.25) is 0 Å². The van der Waals surface area contributed by atoms with Crippen LogP contribution in [0.5, 0.6) is 0 Å². The lowest BCUT2D eigenvalue weighted by molar-refractivity contribution is 1.14. The van der Waals surface area contributed by atoms with Crippen LogP contribution < -0.4 is 0 Å². The number of nitrogens with zero attached hydrogens (tertiary/aromatic N) is 4. The van der Waals surface area contributed by atoms with Gasteiger partial charge in [0.15, 0.2) is 0 Å². The summed E-state index contributed by atoms with van der Waals surface area (Å²) in [6.07, 6.45) is 0. The van der Waals surface area contributed by atoms with Crippen molar-refractivity contribution in [3.63, 3.8) is 0 Å². The smallest absolute Gasteiger partial charge is 0.0562 e. The molecule has 0 aliphatic heterocycles. The van der Waals surface area contributed by atoms with E-state index in [9.17, 15) is 0 Å². The summed E-state index contributed by atoms with van der Waals surface area (Å²) in [5.74, 6) is 0. The first-order valence-electron chi connectivity index (χ1n) is 22.0. The van der Waals surface area contributed by atoms with E-state index < -0.39 is 0 Å². The first-order valence-corrected chi connectivity index (χ1v) is 22.0. The molecule has 14 rings (SSSR count). The zero-order valence-electron chi connectivity index (χ0n) is 34.7. The van der Waals surface area contributed by atoms with Gasteiger partial charge >= 0.3 is 0 Å². The lowest BCUT2D eigenvalue weighted by Gasteiger charge is -2.20. The van der Waals surface area contributed by atoms with Gasteiger partial charge in [0.2, 0.25) is 0 Å². The third-order valence-corrected chi connectivity index (χ3v) is 13.5. The van der Waals surface area contributed by atoms with Gasteiger partial charge in [-0.25, -0.2) is 0 Å². The van der Waals surface area contributed by atoms with Gasteiger partial charge in [0, 0.05) is 65.6 Å². The Kier molecular flexibility index (Phi) is 7.36. The number of hydrogen-bond acceptors (Lipinski definition) is 0. The van der Waals surface area contributed by atoms with E-state index in [1.54, 1.807) is 0 Å². The molecule has 0 bridgehead atoms. The Labute approximate surface area is 368 Å². The first-order chi connectivity index (χ1) is 31.8. The third-order valence-electron chi connectivity index (χ3n) is 13.5. The highest BCUT2D eigenvalue weighted by Crippen LogP contribution is 2.47. The molecule has 14 aromatic rings. The van der Waals surface area contributed by atoms with Crippen molar-refractivity contribution in [2.75, 3.05) is 0 Å². The molecule has 0 amide bonds. The van der Waals surface area contributed by atoms with Crippen LogP contribution in [0.25, 0.3) is 121 Å². The predicted molar refractivity (Wildman–Crippen MR) is 269 cm³/mol. The summed E-state index contributed by atoms with van der Waals surface area (Å²) in [4.78, 5) is 0. The molecule has 0 aliphatic carbocycles. The van der Waals surface area contributed by atoms with E-state index in [1.165, 1.54) is 76.2 Å². The minimum atomic E-state index is 1.12. The molecule has 0 N–H and O–H groups in total. The zero-order valence-corrected chi connectivity index (χ0v) is 34.7. The molecule has 4 nitrogen and oxygen atoms in total. The van der Waals surface area contributed by atoms with Gasteiger partial charge in [-0.05, 0) is 84.9 Å². The van der Waals surface area contributed by atoms with Crippen LogP contribution in [0.4, 0.5) is 0 Å². The maximum Gasteiger partial charge on any atom is 0.0562 e. The largest absolute Gasteiger partial charge is 0.309 e. The SMILES string of the molecule is c1ccc(-n2c3ccccc3c3cc(-c4cc5c6ccccc6n(-c6ccccc6)c5cc4-n4c5ccccc5c5ccccc54)c(-n4c5ccccc5c5ccccc54)cc32)cc1. The summed E-state index contributed by atoms with van der Waals surface area (Å²) in [6, 6.07) is 84.8. The third kappa shape index (κ3) is 4.88. The Morgan fingerprint density at radius 1 is 0.188 bits per heavy atom. The van der Waals surface area contributed by atoms with E-state index in [4.69, 9.17) is 0 Å². The van der Waals surface area contributed by atoms with Crippen molar-refractivity contribution in [1.29, 1.82) is 0 Å². The topological polar surface area (TPSA) is 19.7 Å². The van der Waals surface area contributed by atoms with Crippen LogP contribution in [-0.4, -0.2) is 18.3 Å². The van der Waals surface area contributed by atoms with Crippen molar-refractivity contribution in [3.05, 3.63) is 231 Å². The number of rotatable bonds is 5. The molecule has 4 heteroatoms. The maximum atomic E-state index is 2.51. The number of para-hydroxylation sites is 8. The molecule has 4 aromatic heterocycles. The normalized spacial score (nSPS) is 12.1. The molecule has 0 aliphatic rings. The Balaban J connectivity index is 1.22. The molecule has 0 unspecified atom stereocenters. The van der Waals surface area contributed by atoms with Crippen molar-refractivity contribution >= 4 is 87.2 Å². The van der Waals surface area contributed by atoms with Crippen molar-refractivity contribution < 1.29 is 0 Å². The fourth-order valence-corrected chi connectivity index (χ4v) is 10.9. The average Bonchev–Trinajstić information content (AvgIpc) is 4.08. The van der Waals surface area contributed by atoms with Crippen LogP contribution in [0, 0.1) is 0 Å². The van der Waals surface area contributed by atoms with Gasteiger partial charge in [0.25, 0.3) is 0 Å². The van der Waals surface area contributed by atoms with E-state index in [0.717, 1.165) is 44.9 Å². The number of benzene rings is 10. The van der Waals surface area contributed by atoms with E-state index in [-0.39, 0.29) is 0 Å². The van der Waals surface area contributed by atoms with Gasteiger partial charge in [-0.2, -0.15) is 0 Å². The number of aromatic nitrogens is 4. The molecule has 4 heterocycles. The Hall–Kier alpha value is -8.60. The quantitative estimate of drug-likeness (QED) is 0.165. The standard InChI is InChI=1S/C60H38N4/c1-3-19-39(20-4-1)61-51-29-13-11-27-45(51)47-35-49(59(37-57(47)61)63-53-31-15-7-23-41(53)42-24-8-16-32-54(42)63)50-36-48-46-28-12-14-30-52(46)62(40-21-5-2-6-22-40)58(48)38-60(50)64-55-33-17-9-25-43(55)44-26-10-18-34-56(44)64/h1-38H. The molecule has 10 aromatic carbocycles. The minimum Gasteiger partial charge on any atom is -0.309 e. The second-order valence-electron chi connectivity index (χ2n) is 16.9. The second kappa shape index (κ2) is 13.4. The van der Waals surface area contributed by atoms with Crippen molar-refractivity contribution in [2.45, 2.75) is 0 Å². The molecular weight excluding hydrogens is 777 g/mol. The van der Waals surface area contributed by atoms with E-state index in [2.05, 4.69) is 249 Å². The summed E-state index contributed by atoms with van der Waals surface area (Å²) in [5, 5.41) is 9.79. The Bertz CT molecular complexity index is 3800. The van der Waals surface area contributed by atoms with Gasteiger partial charge < -0.3 is 18.3 Å². The molecule has 0 saturated heterocycles. The van der Waals surface area contributed by atoms with Gasteiger partial charge in [0.05, 0.1) is 55.5 Å². The fourth-order valence-electron chi connectivity index (χ4n) is 10.9. The average molecular weight is 815 g/mol. The van der Waals surface area contributed by atoms with Gasteiger partial charge in [0.1, 0.15) is 0 Å². The van der Waals surface area contributed by atoms with E-state index in [1.807, 2.05) is 0 Å². The summed E-state index contributed by atoms with van der Waals surface area (Å²) in [7, 11) is 0. The maximum absolute atomic E-state index is 2.51. The van der Waals surface area contributed by atoms with Crippen LogP contribution in [0.3, 0.4) is 0 Å². The second-order valence-corrected chi connectivity index (χ2v) is 16.9. The summed E-state index contributed by atoms with van der Waals surface area (Å²) in [6.45, 7) is 0. The molecule has 0 fully saturated rings. The molecular formula is C60H38N4. The van der Waals surface area contributed by atoms with Crippen LogP contribution >= 0.6 is 0 Å². The zero-order chi connectivity index (χ0) is 41.9. The molecule has 0 radical (unpaired) electrons. The first kappa shape index (κ1) is 35.0. The number of hydrogen-bond donors (Lipinski definition) is 0. The lowest BCUT2D eigenvalue weighted by Crippen LogP contribution is -2.03. The van der Waals surface area contributed by atoms with Crippen molar-refractivity contribution in [1.82, 2.24) is 18.3 Å². The van der Waals surface area contributed by atoms with E-state index in [0.29, 0.717) is 0 Å². The van der Waals surface area contributed by atoms with Crippen molar-refractivity contribution in [2.24, 2.45) is 0 Å². The highest BCUT2D eigenvalue weighted by Gasteiger charge is 2.25. The lowest BCUT2D eigenvalue weighted by atomic mass is 9.96. The van der Waals surface area contributed by atoms with Crippen LogP contribution in [-0.2, 0) is 0 Å². The Morgan fingerprint density at radius 3 is 0.750 bits per heavy atom. The highest BCUT2D eigenvalue weighted by atomic mass is 15.0. The summed E-state index contributed by atoms with van der Waals surface area (Å²) < 4.78 is 9.91. The number of fused-ring (bicyclic) bond motifs is 12. The van der Waals surface area contributed by atoms with Gasteiger partial charge in [-0.15, -0.1) is 0 Å². The summed E-state index contributed by atoms with van der Waals surface area (Å²) >= 11 is 0. The molecule has 0 saturated carbocycles. The minimum absolute atomic E-state index is 1.12. The fraction of sp³-hybridized carbons (Fsp3) is 0. The molecule has 298 valence electrons. The Morgan fingerprint density at radius 2 is 0.438 bits per heavy atom. The molecule has 64 heavy (non-hydrogen) atoms. The van der Waals surface area contributed by atoms with Crippen LogP contribution in [0.1, 0.15) is 0 Å². The van der Waals surface area contributed by atoms with Crippen molar-refractivity contribution in [3.8, 4) is 33.9 Å². The van der Waals surface area contributed by atoms with Gasteiger partial charge in [-0.1, -0.05) is 146 Å². The monoisotopic (exact) mass is 814 g/mol. The highest BCUT2D eigenvalue weighted by molar-refractivity contribution is 6.17. The van der Waals surface area contributed by atoms with E-state index >= 15 is 0 Å².